The average molecular weight is 299 g/mol. The van der Waals surface area contributed by atoms with Crippen molar-refractivity contribution in [3.63, 3.8) is 0 Å². The Bertz CT molecular complexity index is 884. The summed E-state index contributed by atoms with van der Waals surface area (Å²) in [5.74, 6) is 0. The number of hydrogen-bond acceptors (Lipinski definition) is 2. The van der Waals surface area contributed by atoms with Crippen molar-refractivity contribution in [3.05, 3.63) is 92.7 Å². The maximum atomic E-state index is 12.7. The molecule has 0 aliphatic rings. The molecule has 4 nitrogen and oxygen atoms in total. The number of rotatable bonds is 2. The summed E-state index contributed by atoms with van der Waals surface area (Å²) in [5, 5.41) is 0.0865. The van der Waals surface area contributed by atoms with E-state index in [1.165, 1.54) is 10.6 Å². The van der Waals surface area contributed by atoms with Crippen LogP contribution < -0.4 is 11.2 Å². The molecule has 0 aliphatic heterocycles. The van der Waals surface area contributed by atoms with Crippen LogP contribution >= 0.6 is 11.6 Å². The Hall–Kier alpha value is -2.59. The molecule has 0 N–H and O–H groups in total. The summed E-state index contributed by atoms with van der Waals surface area (Å²) < 4.78 is 2.40. The van der Waals surface area contributed by atoms with E-state index in [2.05, 4.69) is 0 Å². The molecule has 3 aromatic rings. The minimum Gasteiger partial charge on any atom is -0.269 e. The fourth-order valence-electron chi connectivity index (χ4n) is 2.14. The van der Waals surface area contributed by atoms with E-state index < -0.39 is 11.2 Å². The van der Waals surface area contributed by atoms with E-state index in [0.717, 1.165) is 4.57 Å². The van der Waals surface area contributed by atoms with Gasteiger partial charge in [-0.3, -0.25) is 9.36 Å². The molecule has 0 amide bonds. The number of benzene rings is 2. The lowest BCUT2D eigenvalue weighted by atomic mass is 10.3. The topological polar surface area (TPSA) is 44.0 Å². The lowest BCUT2D eigenvalue weighted by Gasteiger charge is -2.11. The summed E-state index contributed by atoms with van der Waals surface area (Å²) in [6.45, 7) is 0. The molecule has 2 aromatic carbocycles. The van der Waals surface area contributed by atoms with Gasteiger partial charge in [0.15, 0.2) is 0 Å². The van der Waals surface area contributed by atoms with Crippen LogP contribution in [0.1, 0.15) is 0 Å². The van der Waals surface area contributed by atoms with Gasteiger partial charge in [0.05, 0.1) is 11.4 Å². The van der Waals surface area contributed by atoms with Crippen molar-refractivity contribution >= 4 is 11.6 Å². The van der Waals surface area contributed by atoms with Gasteiger partial charge in [0, 0.05) is 6.07 Å². The molecule has 1 heterocycles. The summed E-state index contributed by atoms with van der Waals surface area (Å²) in [6, 6.07) is 19.0. The lowest BCUT2D eigenvalue weighted by molar-refractivity contribution is 0.802. The molecule has 5 heteroatoms. The van der Waals surface area contributed by atoms with Gasteiger partial charge in [-0.25, -0.2) is 9.36 Å². The average Bonchev–Trinajstić information content (AvgIpc) is 2.49. The highest BCUT2D eigenvalue weighted by molar-refractivity contribution is 6.29. The molecule has 0 fully saturated rings. The fraction of sp³-hybridized carbons (Fsp3) is 0. The highest BCUT2D eigenvalue weighted by atomic mass is 35.5. The molecule has 0 saturated carbocycles. The van der Waals surface area contributed by atoms with E-state index in [0.29, 0.717) is 11.4 Å². The molecule has 0 radical (unpaired) electrons. The molecule has 0 unspecified atom stereocenters. The lowest BCUT2D eigenvalue weighted by Crippen LogP contribution is -2.37. The third-order valence-electron chi connectivity index (χ3n) is 3.09. The predicted octanol–water partition coefficient (Wildman–Crippen LogP) is 2.64. The second-order valence-corrected chi connectivity index (χ2v) is 4.82. The van der Waals surface area contributed by atoms with Gasteiger partial charge in [-0.1, -0.05) is 48.0 Å². The van der Waals surface area contributed by atoms with Gasteiger partial charge < -0.3 is 0 Å². The van der Waals surface area contributed by atoms with Gasteiger partial charge in [0.25, 0.3) is 5.56 Å². The molecule has 0 bridgehead atoms. The highest BCUT2D eigenvalue weighted by Gasteiger charge is 2.12. The molecular weight excluding hydrogens is 288 g/mol. The summed E-state index contributed by atoms with van der Waals surface area (Å²) >= 11 is 6.08. The van der Waals surface area contributed by atoms with E-state index in [-0.39, 0.29) is 5.15 Å². The Balaban J connectivity index is 2.35. The first-order valence-corrected chi connectivity index (χ1v) is 6.72. The Morgan fingerprint density at radius 2 is 1.19 bits per heavy atom. The fourth-order valence-corrected chi connectivity index (χ4v) is 2.41. The van der Waals surface area contributed by atoms with E-state index in [4.69, 9.17) is 11.6 Å². The van der Waals surface area contributed by atoms with E-state index >= 15 is 0 Å². The first kappa shape index (κ1) is 13.4. The van der Waals surface area contributed by atoms with Crippen LogP contribution in [0.15, 0.2) is 76.3 Å². The number of para-hydroxylation sites is 2. The zero-order valence-corrected chi connectivity index (χ0v) is 11.7. The molecule has 0 saturated heterocycles. The van der Waals surface area contributed by atoms with Crippen LogP contribution in [0, 0.1) is 0 Å². The quantitative estimate of drug-likeness (QED) is 0.683. The predicted molar refractivity (Wildman–Crippen MR) is 82.6 cm³/mol. The second kappa shape index (κ2) is 5.42. The van der Waals surface area contributed by atoms with E-state index in [1.54, 1.807) is 48.5 Å². The molecule has 3 rings (SSSR count). The third kappa shape index (κ3) is 2.41. The SMILES string of the molecule is O=c1cc(Cl)n(-c2ccccc2)c(=O)n1-c1ccccc1. The zero-order valence-electron chi connectivity index (χ0n) is 10.9. The van der Waals surface area contributed by atoms with Crippen molar-refractivity contribution in [3.8, 4) is 11.4 Å². The first-order chi connectivity index (χ1) is 10.2. The Labute approximate surface area is 125 Å². The largest absolute Gasteiger partial charge is 0.341 e. The first-order valence-electron chi connectivity index (χ1n) is 6.34. The van der Waals surface area contributed by atoms with Crippen molar-refractivity contribution in [2.75, 3.05) is 0 Å². The number of halogens is 1. The Kier molecular flexibility index (Phi) is 3.46. The summed E-state index contributed by atoms with van der Waals surface area (Å²) in [4.78, 5) is 24.8. The van der Waals surface area contributed by atoms with Gasteiger partial charge in [0.1, 0.15) is 5.15 Å². The van der Waals surface area contributed by atoms with Gasteiger partial charge in [0.2, 0.25) is 0 Å². The highest BCUT2D eigenvalue weighted by Crippen LogP contribution is 2.12. The summed E-state index contributed by atoms with van der Waals surface area (Å²) in [5.41, 5.74) is 0.166. The molecule has 0 spiro atoms. The van der Waals surface area contributed by atoms with Crippen LogP contribution in [0.4, 0.5) is 0 Å². The smallest absolute Gasteiger partial charge is 0.269 e. The number of aromatic nitrogens is 2. The van der Waals surface area contributed by atoms with Gasteiger partial charge in [-0.15, -0.1) is 0 Å². The molecule has 21 heavy (non-hydrogen) atoms. The second-order valence-electron chi connectivity index (χ2n) is 4.43. The molecule has 0 aliphatic carbocycles. The molecular formula is C16H11ClN2O2. The van der Waals surface area contributed by atoms with Crippen molar-refractivity contribution < 1.29 is 0 Å². The van der Waals surface area contributed by atoms with Crippen LogP contribution in [0.2, 0.25) is 5.15 Å². The third-order valence-corrected chi connectivity index (χ3v) is 3.37. The van der Waals surface area contributed by atoms with Crippen LogP contribution in [0.5, 0.6) is 0 Å². The monoisotopic (exact) mass is 298 g/mol. The summed E-state index contributed by atoms with van der Waals surface area (Å²) in [6.07, 6.45) is 0. The van der Waals surface area contributed by atoms with Crippen molar-refractivity contribution in [1.29, 1.82) is 0 Å². The molecule has 0 atom stereocenters. The molecule has 104 valence electrons. The van der Waals surface area contributed by atoms with Crippen molar-refractivity contribution in [2.45, 2.75) is 0 Å². The summed E-state index contributed by atoms with van der Waals surface area (Å²) in [7, 11) is 0. The number of nitrogens with zero attached hydrogens (tertiary/aromatic N) is 2. The van der Waals surface area contributed by atoms with Crippen LogP contribution in [-0.2, 0) is 0 Å². The zero-order chi connectivity index (χ0) is 14.8. The maximum Gasteiger partial charge on any atom is 0.341 e. The standard InChI is InChI=1S/C16H11ClN2O2/c17-14-11-15(20)19(13-9-5-2-6-10-13)16(21)18(14)12-7-3-1-4-8-12/h1-11H. The minimum absolute atomic E-state index is 0.0865. The van der Waals surface area contributed by atoms with Gasteiger partial charge in [-0.2, -0.15) is 0 Å². The van der Waals surface area contributed by atoms with Crippen molar-refractivity contribution in [1.82, 2.24) is 9.13 Å². The van der Waals surface area contributed by atoms with Crippen LogP contribution in [0.25, 0.3) is 11.4 Å². The van der Waals surface area contributed by atoms with Gasteiger partial charge >= 0.3 is 5.69 Å². The van der Waals surface area contributed by atoms with E-state index in [1.807, 2.05) is 12.1 Å². The minimum atomic E-state index is -0.495. The number of hydrogen-bond donors (Lipinski definition) is 0. The maximum absolute atomic E-state index is 12.7. The van der Waals surface area contributed by atoms with Crippen molar-refractivity contribution in [2.24, 2.45) is 0 Å². The Morgan fingerprint density at radius 3 is 1.71 bits per heavy atom. The van der Waals surface area contributed by atoms with E-state index in [9.17, 15) is 9.59 Å². The normalized spacial score (nSPS) is 10.5. The van der Waals surface area contributed by atoms with Gasteiger partial charge in [-0.05, 0) is 24.3 Å². The van der Waals surface area contributed by atoms with Crippen LogP contribution in [-0.4, -0.2) is 9.13 Å². The molecule has 1 aromatic heterocycles. The Morgan fingerprint density at radius 1 is 0.714 bits per heavy atom. The van der Waals surface area contributed by atoms with Crippen LogP contribution in [0.3, 0.4) is 0 Å².